The highest BCUT2D eigenvalue weighted by Crippen LogP contribution is 2.38. The zero-order valence-electron chi connectivity index (χ0n) is 15.0. The van der Waals surface area contributed by atoms with Crippen LogP contribution in [0.25, 0.3) is 49.0 Å². The predicted molar refractivity (Wildman–Crippen MR) is 119 cm³/mol. The van der Waals surface area contributed by atoms with Gasteiger partial charge in [-0.3, -0.25) is 4.57 Å². The van der Waals surface area contributed by atoms with Gasteiger partial charge in [0.15, 0.2) is 0 Å². The summed E-state index contributed by atoms with van der Waals surface area (Å²) in [6.45, 7) is 0. The first-order valence-corrected chi connectivity index (χ1v) is 10.2. The van der Waals surface area contributed by atoms with Crippen molar-refractivity contribution in [2.24, 2.45) is 0 Å². The highest BCUT2D eigenvalue weighted by Gasteiger charge is 2.15. The number of hydrogen-bond donors (Lipinski definition) is 0. The number of para-hydroxylation sites is 1. The zero-order valence-corrected chi connectivity index (χ0v) is 15.9. The largest absolute Gasteiger partial charge is 0.294 e. The summed E-state index contributed by atoms with van der Waals surface area (Å²) in [5, 5.41) is 6.07. The topological polar surface area (TPSA) is 17.8 Å². The Bertz CT molecular complexity index is 1460. The fraction of sp³-hybridized carbons (Fsp3) is 0. The van der Waals surface area contributed by atoms with Gasteiger partial charge in [0.25, 0.3) is 0 Å². The van der Waals surface area contributed by atoms with E-state index >= 15 is 0 Å². The molecule has 0 aliphatic rings. The van der Waals surface area contributed by atoms with Gasteiger partial charge in [-0.2, -0.15) is 0 Å². The van der Waals surface area contributed by atoms with Crippen molar-refractivity contribution in [3.05, 3.63) is 96.4 Å². The van der Waals surface area contributed by atoms with Crippen LogP contribution in [0.4, 0.5) is 0 Å². The molecule has 0 radical (unpaired) electrons. The summed E-state index contributed by atoms with van der Waals surface area (Å²) >= 11 is 1.79. The molecule has 3 heteroatoms. The van der Waals surface area contributed by atoms with Crippen LogP contribution in [0.1, 0.15) is 0 Å². The minimum atomic E-state index is 0.946. The molecular formula is C25H16N2S. The molecule has 0 fully saturated rings. The van der Waals surface area contributed by atoms with Crippen molar-refractivity contribution in [3.63, 3.8) is 0 Å². The molecule has 3 heterocycles. The fourth-order valence-electron chi connectivity index (χ4n) is 4.08. The number of fused-ring (bicyclic) bond motifs is 5. The van der Waals surface area contributed by atoms with E-state index in [1.807, 2.05) is 6.07 Å². The molecule has 0 saturated carbocycles. The van der Waals surface area contributed by atoms with Gasteiger partial charge in [0.2, 0.25) is 0 Å². The van der Waals surface area contributed by atoms with Crippen LogP contribution in [-0.2, 0) is 0 Å². The van der Waals surface area contributed by atoms with E-state index in [1.165, 1.54) is 31.9 Å². The van der Waals surface area contributed by atoms with Gasteiger partial charge in [-0.05, 0) is 41.8 Å². The van der Waals surface area contributed by atoms with E-state index in [4.69, 9.17) is 4.98 Å². The minimum absolute atomic E-state index is 0.946. The Hall–Kier alpha value is -3.43. The molecular weight excluding hydrogens is 360 g/mol. The molecule has 3 aromatic heterocycles. The van der Waals surface area contributed by atoms with Crippen molar-refractivity contribution >= 4 is 43.2 Å². The van der Waals surface area contributed by atoms with Gasteiger partial charge in [-0.1, -0.05) is 54.6 Å². The number of benzene rings is 3. The van der Waals surface area contributed by atoms with Gasteiger partial charge in [-0.15, -0.1) is 11.3 Å². The SMILES string of the molecule is c1ccc(-c2cccc(-n3c4ccccc4c4c5ccsc5ccc43)n2)cc1. The Labute approximate surface area is 166 Å². The van der Waals surface area contributed by atoms with Gasteiger partial charge in [0.05, 0.1) is 16.7 Å². The lowest BCUT2D eigenvalue weighted by molar-refractivity contribution is 1.08. The van der Waals surface area contributed by atoms with E-state index in [-0.39, 0.29) is 0 Å². The Kier molecular flexibility index (Phi) is 3.37. The molecule has 0 amide bonds. The molecule has 132 valence electrons. The molecule has 0 bridgehead atoms. The average molecular weight is 376 g/mol. The third-order valence-corrected chi connectivity index (χ3v) is 6.18. The van der Waals surface area contributed by atoms with Gasteiger partial charge in [0, 0.05) is 26.4 Å². The molecule has 2 nitrogen and oxygen atoms in total. The second-order valence-electron chi connectivity index (χ2n) is 6.89. The third kappa shape index (κ3) is 2.23. The first-order chi connectivity index (χ1) is 13.9. The maximum Gasteiger partial charge on any atom is 0.138 e. The molecule has 0 aliphatic heterocycles. The monoisotopic (exact) mass is 376 g/mol. The van der Waals surface area contributed by atoms with E-state index in [9.17, 15) is 0 Å². The Balaban J connectivity index is 1.71. The number of nitrogens with zero attached hydrogens (tertiary/aromatic N) is 2. The van der Waals surface area contributed by atoms with Crippen LogP contribution >= 0.6 is 11.3 Å². The number of aromatic nitrogens is 2. The number of thiophene rings is 1. The first-order valence-electron chi connectivity index (χ1n) is 9.32. The van der Waals surface area contributed by atoms with Crippen LogP contribution < -0.4 is 0 Å². The van der Waals surface area contributed by atoms with Crippen LogP contribution in [0, 0.1) is 0 Å². The molecule has 0 saturated heterocycles. The number of hydrogen-bond acceptors (Lipinski definition) is 2. The van der Waals surface area contributed by atoms with Crippen molar-refractivity contribution in [2.45, 2.75) is 0 Å². The fourth-order valence-corrected chi connectivity index (χ4v) is 4.87. The Morgan fingerprint density at radius 3 is 2.43 bits per heavy atom. The van der Waals surface area contributed by atoms with E-state index in [0.717, 1.165) is 17.1 Å². The van der Waals surface area contributed by atoms with Crippen LogP contribution in [0.3, 0.4) is 0 Å². The summed E-state index contributed by atoms with van der Waals surface area (Å²) in [6.07, 6.45) is 0. The molecule has 6 rings (SSSR count). The van der Waals surface area contributed by atoms with Gasteiger partial charge >= 0.3 is 0 Å². The summed E-state index contributed by atoms with van der Waals surface area (Å²) in [5.41, 5.74) is 4.50. The smallest absolute Gasteiger partial charge is 0.138 e. The van der Waals surface area contributed by atoms with Gasteiger partial charge < -0.3 is 0 Å². The summed E-state index contributed by atoms with van der Waals surface area (Å²) in [6, 6.07) is 31.9. The van der Waals surface area contributed by atoms with E-state index in [0.29, 0.717) is 0 Å². The van der Waals surface area contributed by atoms with Crippen molar-refractivity contribution in [3.8, 4) is 17.1 Å². The van der Waals surface area contributed by atoms with Crippen molar-refractivity contribution in [1.29, 1.82) is 0 Å². The second kappa shape index (κ2) is 6.04. The lowest BCUT2D eigenvalue weighted by Gasteiger charge is -2.09. The standard InChI is InChI=1S/C25H16N2S/c1-2-7-17(8-3-1)20-10-6-12-24(26-20)27-21-11-5-4-9-18(21)25-19-15-16-28-23(19)14-13-22(25)27/h1-16H. The summed E-state index contributed by atoms with van der Waals surface area (Å²) < 4.78 is 3.61. The van der Waals surface area contributed by atoms with E-state index in [1.54, 1.807) is 11.3 Å². The van der Waals surface area contributed by atoms with Gasteiger partial charge in [-0.25, -0.2) is 4.98 Å². The molecule has 28 heavy (non-hydrogen) atoms. The second-order valence-corrected chi connectivity index (χ2v) is 7.84. The van der Waals surface area contributed by atoms with Crippen molar-refractivity contribution < 1.29 is 0 Å². The molecule has 0 unspecified atom stereocenters. The summed E-state index contributed by atoms with van der Waals surface area (Å²) in [5.74, 6) is 0.946. The molecule has 0 atom stereocenters. The molecule has 3 aromatic carbocycles. The maximum atomic E-state index is 5.02. The maximum absolute atomic E-state index is 5.02. The normalized spacial score (nSPS) is 11.6. The van der Waals surface area contributed by atoms with E-state index < -0.39 is 0 Å². The highest BCUT2D eigenvalue weighted by molar-refractivity contribution is 7.17. The quantitative estimate of drug-likeness (QED) is 0.316. The first kappa shape index (κ1) is 15.6. The van der Waals surface area contributed by atoms with Crippen molar-refractivity contribution in [2.75, 3.05) is 0 Å². The Morgan fingerprint density at radius 1 is 0.643 bits per heavy atom. The summed E-state index contributed by atoms with van der Waals surface area (Å²) in [4.78, 5) is 5.02. The molecule has 6 aromatic rings. The number of pyridine rings is 1. The van der Waals surface area contributed by atoms with Crippen LogP contribution in [-0.4, -0.2) is 9.55 Å². The van der Waals surface area contributed by atoms with Gasteiger partial charge in [0.1, 0.15) is 5.82 Å². The molecule has 0 spiro atoms. The third-order valence-electron chi connectivity index (χ3n) is 5.30. The zero-order chi connectivity index (χ0) is 18.5. The average Bonchev–Trinajstić information content (AvgIpc) is 3.36. The predicted octanol–water partition coefficient (Wildman–Crippen LogP) is 7.06. The van der Waals surface area contributed by atoms with Crippen LogP contribution in [0.5, 0.6) is 0 Å². The molecule has 0 aliphatic carbocycles. The van der Waals surface area contributed by atoms with Crippen LogP contribution in [0.2, 0.25) is 0 Å². The molecule has 0 N–H and O–H groups in total. The van der Waals surface area contributed by atoms with Crippen LogP contribution in [0.15, 0.2) is 96.4 Å². The lowest BCUT2D eigenvalue weighted by atomic mass is 10.1. The van der Waals surface area contributed by atoms with Crippen molar-refractivity contribution in [1.82, 2.24) is 9.55 Å². The minimum Gasteiger partial charge on any atom is -0.294 e. The number of rotatable bonds is 2. The lowest BCUT2D eigenvalue weighted by Crippen LogP contribution is -1.98. The van der Waals surface area contributed by atoms with E-state index in [2.05, 4.69) is 94.9 Å². The highest BCUT2D eigenvalue weighted by atomic mass is 32.1. The Morgan fingerprint density at radius 2 is 1.50 bits per heavy atom. The summed E-state index contributed by atoms with van der Waals surface area (Å²) in [7, 11) is 0.